The predicted molar refractivity (Wildman–Crippen MR) is 89.0 cm³/mol. The Bertz CT molecular complexity index is 527. The van der Waals surface area contributed by atoms with Crippen molar-refractivity contribution in [1.82, 2.24) is 5.32 Å². The summed E-state index contributed by atoms with van der Waals surface area (Å²) in [5, 5.41) is 15.9. The molecule has 0 radical (unpaired) electrons. The highest BCUT2D eigenvalue weighted by Crippen LogP contribution is 2.26. The lowest BCUT2D eigenvalue weighted by atomic mass is 10.0. The molecule has 0 aliphatic heterocycles. The summed E-state index contributed by atoms with van der Waals surface area (Å²) in [6.45, 7) is 4.95. The fourth-order valence-electron chi connectivity index (χ4n) is 2.20. The first-order chi connectivity index (χ1) is 9.58. The van der Waals surface area contributed by atoms with Crippen LogP contribution in [0.1, 0.15) is 36.4 Å². The van der Waals surface area contributed by atoms with Gasteiger partial charge in [0.2, 0.25) is 0 Å². The van der Waals surface area contributed by atoms with Gasteiger partial charge in [-0.2, -0.15) is 0 Å². The van der Waals surface area contributed by atoms with Gasteiger partial charge >= 0.3 is 0 Å². The fourth-order valence-corrected chi connectivity index (χ4v) is 3.59. The molecule has 2 rings (SSSR count). The van der Waals surface area contributed by atoms with Crippen LogP contribution in [0.15, 0.2) is 46.3 Å². The number of hydrogen-bond donors (Lipinski definition) is 2. The van der Waals surface area contributed by atoms with Crippen LogP contribution in [0.2, 0.25) is 0 Å². The molecule has 1 heterocycles. The molecule has 0 bridgehead atoms. The first kappa shape index (κ1) is 15.7. The monoisotopic (exact) mass is 353 g/mol. The SMILES string of the molecule is CC(C)C(NCC(O)c1cccc(Br)c1)c1cccs1. The lowest BCUT2D eigenvalue weighted by Crippen LogP contribution is -2.29. The smallest absolute Gasteiger partial charge is 0.0914 e. The average molecular weight is 354 g/mol. The van der Waals surface area contributed by atoms with E-state index in [1.54, 1.807) is 11.3 Å². The van der Waals surface area contributed by atoms with Crippen LogP contribution in [0.5, 0.6) is 0 Å². The highest BCUT2D eigenvalue weighted by atomic mass is 79.9. The molecular formula is C16H20BrNOS. The summed E-state index contributed by atoms with van der Waals surface area (Å²) in [6, 6.07) is 12.3. The minimum Gasteiger partial charge on any atom is -0.387 e. The van der Waals surface area contributed by atoms with Crippen molar-refractivity contribution in [1.29, 1.82) is 0 Å². The Morgan fingerprint density at radius 1 is 1.25 bits per heavy atom. The highest BCUT2D eigenvalue weighted by Gasteiger charge is 2.18. The molecule has 0 spiro atoms. The van der Waals surface area contributed by atoms with E-state index in [2.05, 4.69) is 52.6 Å². The molecule has 2 nitrogen and oxygen atoms in total. The van der Waals surface area contributed by atoms with E-state index >= 15 is 0 Å². The van der Waals surface area contributed by atoms with Crippen molar-refractivity contribution in [3.05, 3.63) is 56.7 Å². The normalized spacial score (nSPS) is 14.4. The minimum absolute atomic E-state index is 0.289. The standard InChI is InChI=1S/C16H20BrNOS/c1-11(2)16(15-7-4-8-20-15)18-10-14(19)12-5-3-6-13(17)9-12/h3-9,11,14,16,18-19H,10H2,1-2H3. The van der Waals surface area contributed by atoms with Crippen LogP contribution < -0.4 is 5.32 Å². The molecule has 4 heteroatoms. The maximum Gasteiger partial charge on any atom is 0.0914 e. The number of rotatable bonds is 6. The van der Waals surface area contributed by atoms with Crippen LogP contribution in [0.25, 0.3) is 0 Å². The minimum atomic E-state index is -0.492. The van der Waals surface area contributed by atoms with Gasteiger partial charge in [-0.25, -0.2) is 0 Å². The quantitative estimate of drug-likeness (QED) is 0.799. The van der Waals surface area contributed by atoms with E-state index in [0.717, 1.165) is 10.0 Å². The molecule has 0 aliphatic carbocycles. The van der Waals surface area contributed by atoms with Gasteiger partial charge in [0.05, 0.1) is 6.10 Å². The third kappa shape index (κ3) is 4.16. The van der Waals surface area contributed by atoms with Gasteiger partial charge in [-0.15, -0.1) is 11.3 Å². The molecule has 1 aromatic carbocycles. The van der Waals surface area contributed by atoms with Crippen LogP contribution in [0.3, 0.4) is 0 Å². The molecule has 0 saturated heterocycles. The van der Waals surface area contributed by atoms with Gasteiger partial charge in [0, 0.05) is 21.9 Å². The van der Waals surface area contributed by atoms with Crippen molar-refractivity contribution in [2.24, 2.45) is 5.92 Å². The fraction of sp³-hybridized carbons (Fsp3) is 0.375. The van der Waals surface area contributed by atoms with Gasteiger partial charge in [-0.3, -0.25) is 0 Å². The van der Waals surface area contributed by atoms with Crippen LogP contribution in [0.4, 0.5) is 0 Å². The Kier molecular flexibility index (Phi) is 5.78. The molecule has 0 fully saturated rings. The number of benzene rings is 1. The summed E-state index contributed by atoms with van der Waals surface area (Å²) in [5.41, 5.74) is 0.931. The van der Waals surface area contributed by atoms with E-state index in [9.17, 15) is 5.11 Å². The third-order valence-corrected chi connectivity index (χ3v) is 4.73. The molecular weight excluding hydrogens is 334 g/mol. The number of hydrogen-bond acceptors (Lipinski definition) is 3. The summed E-state index contributed by atoms with van der Waals surface area (Å²) in [6.07, 6.45) is -0.492. The van der Waals surface area contributed by atoms with Crippen LogP contribution in [0, 0.1) is 5.92 Å². The zero-order chi connectivity index (χ0) is 14.5. The summed E-state index contributed by atoms with van der Waals surface area (Å²) in [4.78, 5) is 1.32. The number of aliphatic hydroxyl groups excluding tert-OH is 1. The second-order valence-electron chi connectivity index (χ2n) is 5.22. The van der Waals surface area contributed by atoms with E-state index < -0.39 is 6.10 Å². The van der Waals surface area contributed by atoms with Gasteiger partial charge in [-0.1, -0.05) is 48.0 Å². The van der Waals surface area contributed by atoms with Gasteiger partial charge in [-0.05, 0) is 35.1 Å². The van der Waals surface area contributed by atoms with E-state index in [0.29, 0.717) is 12.5 Å². The van der Waals surface area contributed by atoms with E-state index in [1.165, 1.54) is 4.88 Å². The molecule has 0 amide bonds. The highest BCUT2D eigenvalue weighted by molar-refractivity contribution is 9.10. The van der Waals surface area contributed by atoms with Gasteiger partial charge in [0.1, 0.15) is 0 Å². The number of nitrogens with one attached hydrogen (secondary N) is 1. The van der Waals surface area contributed by atoms with Crippen LogP contribution >= 0.6 is 27.3 Å². The largest absolute Gasteiger partial charge is 0.387 e. The Morgan fingerprint density at radius 3 is 2.65 bits per heavy atom. The first-order valence-electron chi connectivity index (χ1n) is 6.78. The lowest BCUT2D eigenvalue weighted by Gasteiger charge is -2.23. The molecule has 2 aromatic rings. The van der Waals surface area contributed by atoms with Crippen molar-refractivity contribution < 1.29 is 5.11 Å². The van der Waals surface area contributed by atoms with Crippen molar-refractivity contribution in [3.8, 4) is 0 Å². The van der Waals surface area contributed by atoms with Crippen molar-refractivity contribution in [2.45, 2.75) is 26.0 Å². The Morgan fingerprint density at radius 2 is 2.05 bits per heavy atom. The molecule has 0 saturated carbocycles. The Hall–Kier alpha value is -0.680. The molecule has 2 unspecified atom stereocenters. The van der Waals surface area contributed by atoms with Gasteiger partial charge in [0.15, 0.2) is 0 Å². The zero-order valence-corrected chi connectivity index (χ0v) is 14.1. The van der Waals surface area contributed by atoms with Crippen molar-refractivity contribution >= 4 is 27.3 Å². The van der Waals surface area contributed by atoms with Gasteiger partial charge < -0.3 is 10.4 Å². The van der Waals surface area contributed by atoms with Crippen molar-refractivity contribution in [2.75, 3.05) is 6.54 Å². The molecule has 20 heavy (non-hydrogen) atoms. The first-order valence-corrected chi connectivity index (χ1v) is 8.45. The average Bonchev–Trinajstić information content (AvgIpc) is 2.92. The third-order valence-electron chi connectivity index (χ3n) is 3.28. The molecule has 108 valence electrons. The number of thiophene rings is 1. The van der Waals surface area contributed by atoms with Crippen LogP contribution in [-0.2, 0) is 0 Å². The lowest BCUT2D eigenvalue weighted by molar-refractivity contribution is 0.166. The summed E-state index contributed by atoms with van der Waals surface area (Å²) in [7, 11) is 0. The topological polar surface area (TPSA) is 32.3 Å². The molecule has 2 N–H and O–H groups in total. The van der Waals surface area contributed by atoms with Gasteiger partial charge in [0.25, 0.3) is 0 Å². The molecule has 1 aromatic heterocycles. The Labute approximate surface area is 133 Å². The molecule has 2 atom stereocenters. The van der Waals surface area contributed by atoms with E-state index in [-0.39, 0.29) is 6.04 Å². The van der Waals surface area contributed by atoms with E-state index in [1.807, 2.05) is 24.3 Å². The maximum absolute atomic E-state index is 10.3. The predicted octanol–water partition coefficient (Wildman–Crippen LogP) is 4.53. The van der Waals surface area contributed by atoms with Crippen LogP contribution in [-0.4, -0.2) is 11.7 Å². The summed E-state index contributed by atoms with van der Waals surface area (Å²) in [5.74, 6) is 0.489. The maximum atomic E-state index is 10.3. The summed E-state index contributed by atoms with van der Waals surface area (Å²) >= 11 is 5.19. The van der Waals surface area contributed by atoms with Crippen molar-refractivity contribution in [3.63, 3.8) is 0 Å². The number of aliphatic hydroxyl groups is 1. The second-order valence-corrected chi connectivity index (χ2v) is 7.11. The molecule has 0 aliphatic rings. The number of halogens is 1. The Balaban J connectivity index is 1.99. The zero-order valence-electron chi connectivity index (χ0n) is 11.7. The van der Waals surface area contributed by atoms with E-state index in [4.69, 9.17) is 0 Å². The summed E-state index contributed by atoms with van der Waals surface area (Å²) < 4.78 is 0.993. The second kappa shape index (κ2) is 7.36.